The highest BCUT2D eigenvalue weighted by Crippen LogP contribution is 2.35. The van der Waals surface area contributed by atoms with Gasteiger partial charge >= 0.3 is 12.1 Å². The van der Waals surface area contributed by atoms with Crippen molar-refractivity contribution < 1.29 is 27.8 Å². The number of carbonyl (C=O) groups is 1. The summed E-state index contributed by atoms with van der Waals surface area (Å²) < 4.78 is 39.4. The van der Waals surface area contributed by atoms with Gasteiger partial charge in [-0.15, -0.1) is 5.10 Å². The monoisotopic (exact) mass is 379 g/mol. The number of nitrogens with zero attached hydrogens (tertiary/aromatic N) is 4. The first kappa shape index (κ1) is 20.6. The van der Waals surface area contributed by atoms with E-state index in [4.69, 9.17) is 14.6 Å². The van der Waals surface area contributed by atoms with Gasteiger partial charge in [-0.2, -0.15) is 13.2 Å². The molecule has 2 atom stereocenters. The molecule has 1 unspecified atom stereocenters. The zero-order valence-corrected chi connectivity index (χ0v) is 14.8. The van der Waals surface area contributed by atoms with Crippen molar-refractivity contribution in [2.75, 3.05) is 33.3 Å². The molecule has 3 rings (SSSR count). The van der Waals surface area contributed by atoms with Crippen molar-refractivity contribution in [2.24, 2.45) is 0 Å². The lowest BCUT2D eigenvalue weighted by Crippen LogP contribution is -2.40. The maximum Gasteiger partial charge on any atom is 0.490 e. The number of morpholine rings is 1. The minimum Gasteiger partial charge on any atom is -0.475 e. The molecule has 1 aromatic heterocycles. The number of hydrogen-bond donors (Lipinski definition) is 2. The maximum atomic E-state index is 10.6. The summed E-state index contributed by atoms with van der Waals surface area (Å²) in [6, 6.07) is 0. The highest BCUT2D eigenvalue weighted by molar-refractivity contribution is 5.73. The normalized spacial score (nSPS) is 27.0. The Kier molecular flexibility index (Phi) is 6.58. The predicted molar refractivity (Wildman–Crippen MR) is 85.5 cm³/mol. The van der Waals surface area contributed by atoms with Crippen LogP contribution < -0.4 is 5.32 Å². The standard InChI is InChI=1S/C13H23N5O.C2HF3O2/c1-13(4-3-6-17(13)2)12-10-18(16-15-12)9-11-8-14-5-7-19-11;3-2(4,5)1(6)7/h10-11,14H,3-9H2,1-2H3;(H,6,7)/t11?,13-;/m1./s1. The summed E-state index contributed by atoms with van der Waals surface area (Å²) in [6.45, 7) is 6.80. The van der Waals surface area contributed by atoms with Crippen LogP contribution in [-0.4, -0.2) is 76.5 Å². The van der Waals surface area contributed by atoms with Crippen molar-refractivity contribution in [1.29, 1.82) is 0 Å². The SMILES string of the molecule is CN1CCC[C@]1(C)c1cn(CC2CNCCO2)nn1.O=C(O)C(F)(F)F. The lowest BCUT2D eigenvalue weighted by Gasteiger charge is -2.29. The second-order valence-electron chi connectivity index (χ2n) is 6.62. The average molecular weight is 379 g/mol. The van der Waals surface area contributed by atoms with E-state index < -0.39 is 12.1 Å². The summed E-state index contributed by atoms with van der Waals surface area (Å²) in [6.07, 6.45) is -0.406. The summed E-state index contributed by atoms with van der Waals surface area (Å²) in [5, 5.41) is 19.1. The Balaban J connectivity index is 0.000000298. The molecule has 1 aromatic rings. The van der Waals surface area contributed by atoms with Crippen LogP contribution in [0, 0.1) is 0 Å². The molecule has 2 saturated heterocycles. The third-order valence-electron chi connectivity index (χ3n) is 4.73. The molecule has 2 N–H and O–H groups in total. The fraction of sp³-hybridized carbons (Fsp3) is 0.800. The van der Waals surface area contributed by atoms with E-state index in [9.17, 15) is 13.2 Å². The predicted octanol–water partition coefficient (Wildman–Crippen LogP) is 0.841. The largest absolute Gasteiger partial charge is 0.490 e. The van der Waals surface area contributed by atoms with Crippen molar-refractivity contribution in [1.82, 2.24) is 25.2 Å². The number of ether oxygens (including phenoxy) is 1. The Morgan fingerprint density at radius 2 is 2.23 bits per heavy atom. The summed E-state index contributed by atoms with van der Waals surface area (Å²) in [5.41, 5.74) is 1.13. The van der Waals surface area contributed by atoms with Crippen LogP contribution in [0.1, 0.15) is 25.5 Å². The summed E-state index contributed by atoms with van der Waals surface area (Å²) >= 11 is 0. The van der Waals surface area contributed by atoms with Crippen LogP contribution in [0.15, 0.2) is 6.20 Å². The van der Waals surface area contributed by atoms with Gasteiger partial charge < -0.3 is 15.2 Å². The summed E-state index contributed by atoms with van der Waals surface area (Å²) in [7, 11) is 2.17. The summed E-state index contributed by atoms with van der Waals surface area (Å²) in [5.74, 6) is -2.76. The van der Waals surface area contributed by atoms with Gasteiger partial charge in [0.15, 0.2) is 0 Å². The fourth-order valence-corrected chi connectivity index (χ4v) is 3.00. The van der Waals surface area contributed by atoms with Gasteiger partial charge in [0.2, 0.25) is 0 Å². The van der Waals surface area contributed by atoms with Crippen molar-refractivity contribution in [2.45, 2.75) is 44.1 Å². The summed E-state index contributed by atoms with van der Waals surface area (Å²) in [4.78, 5) is 11.3. The Morgan fingerprint density at radius 1 is 1.54 bits per heavy atom. The molecule has 11 heteroatoms. The van der Waals surface area contributed by atoms with E-state index in [0.29, 0.717) is 0 Å². The smallest absolute Gasteiger partial charge is 0.475 e. The highest BCUT2D eigenvalue weighted by atomic mass is 19.4. The quantitative estimate of drug-likeness (QED) is 0.804. The number of rotatable bonds is 3. The molecule has 26 heavy (non-hydrogen) atoms. The molecule has 2 fully saturated rings. The first-order valence-corrected chi connectivity index (χ1v) is 8.37. The number of hydrogen-bond acceptors (Lipinski definition) is 6. The molecular weight excluding hydrogens is 355 g/mol. The maximum absolute atomic E-state index is 10.6. The van der Waals surface area contributed by atoms with Crippen LogP contribution in [0.25, 0.3) is 0 Å². The van der Waals surface area contributed by atoms with E-state index in [0.717, 1.165) is 44.9 Å². The third kappa shape index (κ3) is 5.15. The van der Waals surface area contributed by atoms with Crippen molar-refractivity contribution in [3.05, 3.63) is 11.9 Å². The van der Waals surface area contributed by atoms with Crippen molar-refractivity contribution in [3.8, 4) is 0 Å². The van der Waals surface area contributed by atoms with Crippen molar-refractivity contribution >= 4 is 5.97 Å². The number of aromatic nitrogens is 3. The van der Waals surface area contributed by atoms with Gasteiger partial charge in [0.05, 0.1) is 31.0 Å². The number of carboxylic acid groups (broad SMARTS) is 1. The molecule has 0 aromatic carbocycles. The van der Waals surface area contributed by atoms with E-state index in [2.05, 4.69) is 40.7 Å². The average Bonchev–Trinajstić information content (AvgIpc) is 3.16. The lowest BCUT2D eigenvalue weighted by molar-refractivity contribution is -0.192. The minimum absolute atomic E-state index is 0.0456. The zero-order chi connectivity index (χ0) is 19.4. The highest BCUT2D eigenvalue weighted by Gasteiger charge is 2.39. The second-order valence-corrected chi connectivity index (χ2v) is 6.62. The molecule has 2 aliphatic heterocycles. The van der Waals surface area contributed by atoms with E-state index >= 15 is 0 Å². The Hall–Kier alpha value is -1.72. The van der Waals surface area contributed by atoms with Gasteiger partial charge in [0.25, 0.3) is 0 Å². The Labute approximate surface area is 149 Å². The molecule has 8 nitrogen and oxygen atoms in total. The van der Waals surface area contributed by atoms with E-state index in [1.807, 2.05) is 4.68 Å². The molecule has 0 saturated carbocycles. The number of likely N-dealkylation sites (tertiary alicyclic amines) is 1. The number of halogens is 3. The van der Waals surface area contributed by atoms with Gasteiger partial charge in [0, 0.05) is 13.1 Å². The Bertz CT molecular complexity index is 604. The molecule has 0 radical (unpaired) electrons. The molecule has 0 amide bonds. The number of alkyl halides is 3. The number of carboxylic acids is 1. The van der Waals surface area contributed by atoms with Crippen LogP contribution in [-0.2, 0) is 21.6 Å². The van der Waals surface area contributed by atoms with E-state index in [-0.39, 0.29) is 11.6 Å². The zero-order valence-electron chi connectivity index (χ0n) is 14.8. The van der Waals surface area contributed by atoms with E-state index in [1.165, 1.54) is 6.42 Å². The van der Waals surface area contributed by atoms with Crippen LogP contribution in [0.3, 0.4) is 0 Å². The fourth-order valence-electron chi connectivity index (χ4n) is 3.00. The first-order valence-electron chi connectivity index (χ1n) is 8.37. The van der Waals surface area contributed by atoms with E-state index in [1.54, 1.807) is 0 Å². The topological polar surface area (TPSA) is 92.5 Å². The van der Waals surface area contributed by atoms with Gasteiger partial charge in [0.1, 0.15) is 5.69 Å². The molecular formula is C15H24F3N5O3. The molecule has 148 valence electrons. The van der Waals surface area contributed by atoms with Crippen molar-refractivity contribution in [3.63, 3.8) is 0 Å². The third-order valence-corrected chi connectivity index (χ3v) is 4.73. The van der Waals surface area contributed by atoms with Crippen LogP contribution >= 0.6 is 0 Å². The molecule has 2 aliphatic rings. The van der Waals surface area contributed by atoms with Gasteiger partial charge in [-0.05, 0) is 33.4 Å². The van der Waals surface area contributed by atoms with Crippen LogP contribution in [0.5, 0.6) is 0 Å². The van der Waals surface area contributed by atoms with Crippen LogP contribution in [0.4, 0.5) is 13.2 Å². The minimum atomic E-state index is -5.08. The van der Waals surface area contributed by atoms with Gasteiger partial charge in [-0.25, -0.2) is 9.48 Å². The van der Waals surface area contributed by atoms with Gasteiger partial charge in [-0.3, -0.25) is 4.90 Å². The second kappa shape index (κ2) is 8.31. The van der Waals surface area contributed by atoms with Gasteiger partial charge in [-0.1, -0.05) is 5.21 Å². The van der Waals surface area contributed by atoms with Crippen LogP contribution in [0.2, 0.25) is 0 Å². The number of aliphatic carboxylic acids is 1. The molecule has 0 aliphatic carbocycles. The Morgan fingerprint density at radius 3 is 2.73 bits per heavy atom. The molecule has 0 bridgehead atoms. The first-order chi connectivity index (χ1) is 12.1. The number of nitrogens with one attached hydrogen (secondary N) is 1. The molecule has 3 heterocycles. The lowest BCUT2D eigenvalue weighted by atomic mass is 9.96. The molecule has 0 spiro atoms.